The van der Waals surface area contributed by atoms with Gasteiger partial charge in [-0.3, -0.25) is 9.59 Å². The highest BCUT2D eigenvalue weighted by atomic mass is 16.5. The average molecular weight is 1110 g/mol. The van der Waals surface area contributed by atoms with Crippen molar-refractivity contribution in [3.05, 3.63) is 60.8 Å². The van der Waals surface area contributed by atoms with Crippen molar-refractivity contribution < 1.29 is 24.5 Å². The fourth-order valence-corrected chi connectivity index (χ4v) is 10.6. The summed E-state index contributed by atoms with van der Waals surface area (Å²) in [5.74, 6) is -0.0700. The number of esters is 1. The molecule has 0 aliphatic carbocycles. The molecule has 6 nitrogen and oxygen atoms in total. The Hall–Kier alpha value is -2.44. The quantitative estimate of drug-likeness (QED) is 0.0320. The fourth-order valence-electron chi connectivity index (χ4n) is 10.6. The predicted molar refractivity (Wildman–Crippen MR) is 347 cm³/mol. The number of aliphatic hydroxyl groups is 2. The second-order valence-corrected chi connectivity index (χ2v) is 23.9. The third kappa shape index (κ3) is 64.6. The number of carbonyl (C=O) groups excluding carboxylic acids is 2. The summed E-state index contributed by atoms with van der Waals surface area (Å²) in [7, 11) is 0. The Balaban J connectivity index is 3.44. The molecule has 2 atom stereocenters. The number of aliphatic hydroxyl groups excluding tert-OH is 2. The third-order valence-electron chi connectivity index (χ3n) is 16.0. The van der Waals surface area contributed by atoms with Gasteiger partial charge in [-0.2, -0.15) is 0 Å². The van der Waals surface area contributed by atoms with Gasteiger partial charge < -0.3 is 20.3 Å². The molecule has 6 heteroatoms. The summed E-state index contributed by atoms with van der Waals surface area (Å²) >= 11 is 0. The van der Waals surface area contributed by atoms with Crippen molar-refractivity contribution >= 4 is 11.9 Å². The highest BCUT2D eigenvalue weighted by Crippen LogP contribution is 2.18. The van der Waals surface area contributed by atoms with Gasteiger partial charge in [0.15, 0.2) is 0 Å². The van der Waals surface area contributed by atoms with Crippen LogP contribution in [0.5, 0.6) is 0 Å². The van der Waals surface area contributed by atoms with Crippen LogP contribution in [0.3, 0.4) is 0 Å². The van der Waals surface area contributed by atoms with E-state index < -0.39 is 12.1 Å². The van der Waals surface area contributed by atoms with Gasteiger partial charge in [0.25, 0.3) is 0 Å². The van der Waals surface area contributed by atoms with Gasteiger partial charge >= 0.3 is 5.97 Å². The van der Waals surface area contributed by atoms with E-state index >= 15 is 0 Å². The molecule has 0 bridgehead atoms. The Morgan fingerprint density at radius 3 is 1.00 bits per heavy atom. The molecule has 3 N–H and O–H groups in total. The van der Waals surface area contributed by atoms with Gasteiger partial charge in [-0.25, -0.2) is 0 Å². The van der Waals surface area contributed by atoms with Crippen molar-refractivity contribution in [2.45, 2.75) is 379 Å². The molecule has 0 aromatic rings. The number of carbonyl (C=O) groups is 2. The van der Waals surface area contributed by atoms with E-state index in [1.54, 1.807) is 6.08 Å². The van der Waals surface area contributed by atoms with Gasteiger partial charge in [0.1, 0.15) is 0 Å². The summed E-state index contributed by atoms with van der Waals surface area (Å²) in [6.45, 7) is 4.88. The van der Waals surface area contributed by atoms with E-state index in [4.69, 9.17) is 4.74 Å². The van der Waals surface area contributed by atoms with Gasteiger partial charge in [-0.15, -0.1) is 0 Å². The van der Waals surface area contributed by atoms with Crippen molar-refractivity contribution in [2.75, 3.05) is 13.2 Å². The predicted octanol–water partition coefficient (Wildman–Crippen LogP) is 22.6. The van der Waals surface area contributed by atoms with Crippen LogP contribution in [0.15, 0.2) is 60.8 Å². The number of allylic oxidation sites excluding steroid dienone is 9. The molecular weight excluding hydrogens is 971 g/mol. The monoisotopic (exact) mass is 1110 g/mol. The van der Waals surface area contributed by atoms with Gasteiger partial charge in [0.2, 0.25) is 5.91 Å². The molecule has 0 aromatic carbocycles. The largest absolute Gasteiger partial charge is 0.466 e. The van der Waals surface area contributed by atoms with Crippen molar-refractivity contribution in [3.8, 4) is 0 Å². The number of hydrogen-bond donors (Lipinski definition) is 3. The summed E-state index contributed by atoms with van der Waals surface area (Å²) in [6, 6.07) is -0.630. The molecule has 0 heterocycles. The Morgan fingerprint density at radius 2 is 0.646 bits per heavy atom. The number of nitrogens with one attached hydrogen (secondary N) is 1. The van der Waals surface area contributed by atoms with Gasteiger partial charge in [0, 0.05) is 12.8 Å². The van der Waals surface area contributed by atoms with E-state index in [9.17, 15) is 19.8 Å². The molecule has 0 saturated heterocycles. The summed E-state index contributed by atoms with van der Waals surface area (Å²) in [5, 5.41) is 23.2. The number of hydrogen-bond acceptors (Lipinski definition) is 5. The van der Waals surface area contributed by atoms with Crippen molar-refractivity contribution in [2.24, 2.45) is 0 Å². The van der Waals surface area contributed by atoms with Gasteiger partial charge in [0.05, 0.1) is 25.4 Å². The minimum atomic E-state index is -0.847. The standard InChI is InChI=1S/C73H135NO5/c1-3-5-7-9-11-13-15-17-19-20-32-35-38-41-45-49-53-57-61-65-71(76)70(69-75)74-72(77)66-62-58-54-50-46-42-39-36-33-30-28-26-24-22-21-23-25-27-29-31-34-37-40-44-48-52-56-60-64-68-79-73(78)67-63-59-55-51-47-43-18-16-14-12-10-8-6-4-2/h10,12,16,18,21,23,27,29,61,65,70-71,75-76H,3-9,11,13-15,17,19-20,22,24-26,28,30-60,62-64,66-69H2,1-2H3,(H,74,77)/b12-10-,18-16-,23-21-,29-27-,65-61+. The fraction of sp³-hybridized carbons (Fsp3) is 0.836. The van der Waals surface area contributed by atoms with E-state index in [1.807, 2.05) is 6.08 Å². The molecule has 0 spiro atoms. The Kier molecular flexibility index (Phi) is 66.0. The van der Waals surface area contributed by atoms with Crippen molar-refractivity contribution in [3.63, 3.8) is 0 Å². The smallest absolute Gasteiger partial charge is 0.305 e. The molecular formula is C73H135NO5. The SMILES string of the molecule is CCCC/C=C\C/C=C\CCCCCCCC(=O)OCCCCCCCCCCC/C=C\C/C=C\CCCCCCCCCCCCCCCC(=O)NC(CO)C(O)/C=C/CCCCCCCCCCCCCCCCCCC. The Morgan fingerprint density at radius 1 is 0.354 bits per heavy atom. The Bertz CT molecular complexity index is 1370. The highest BCUT2D eigenvalue weighted by Gasteiger charge is 2.18. The second-order valence-electron chi connectivity index (χ2n) is 23.9. The van der Waals surface area contributed by atoms with Crippen LogP contribution >= 0.6 is 0 Å². The van der Waals surface area contributed by atoms with E-state index in [0.717, 1.165) is 57.8 Å². The Labute approximate surface area is 492 Å². The van der Waals surface area contributed by atoms with Crippen molar-refractivity contribution in [1.29, 1.82) is 0 Å². The summed E-state index contributed by atoms with van der Waals surface area (Å²) in [6.07, 6.45) is 90.1. The van der Waals surface area contributed by atoms with E-state index in [1.165, 1.54) is 283 Å². The molecule has 0 aliphatic rings. The number of rotatable bonds is 65. The minimum Gasteiger partial charge on any atom is -0.466 e. The van der Waals surface area contributed by atoms with E-state index in [2.05, 4.69) is 67.8 Å². The summed E-state index contributed by atoms with van der Waals surface area (Å²) in [5.41, 5.74) is 0. The number of amides is 1. The molecule has 0 fully saturated rings. The normalized spacial score (nSPS) is 12.9. The zero-order chi connectivity index (χ0) is 57.1. The van der Waals surface area contributed by atoms with Crippen molar-refractivity contribution in [1.82, 2.24) is 5.32 Å². The molecule has 0 saturated carbocycles. The lowest BCUT2D eigenvalue weighted by atomic mass is 10.0. The van der Waals surface area contributed by atoms with Crippen LogP contribution in [0.2, 0.25) is 0 Å². The molecule has 0 aliphatic heterocycles. The maximum Gasteiger partial charge on any atom is 0.305 e. The van der Waals surface area contributed by atoms with E-state index in [-0.39, 0.29) is 18.5 Å². The van der Waals surface area contributed by atoms with Crippen LogP contribution in [-0.2, 0) is 14.3 Å². The van der Waals surface area contributed by atoms with Crippen LogP contribution in [0, 0.1) is 0 Å². The summed E-state index contributed by atoms with van der Waals surface area (Å²) in [4.78, 5) is 24.6. The molecule has 79 heavy (non-hydrogen) atoms. The number of ether oxygens (including phenoxy) is 1. The van der Waals surface area contributed by atoms with Crippen LogP contribution < -0.4 is 5.32 Å². The average Bonchev–Trinajstić information content (AvgIpc) is 3.45. The minimum absolute atomic E-state index is 0.00321. The first kappa shape index (κ1) is 76.6. The highest BCUT2D eigenvalue weighted by molar-refractivity contribution is 5.76. The maximum absolute atomic E-state index is 12.5. The molecule has 1 amide bonds. The van der Waals surface area contributed by atoms with Crippen LogP contribution in [0.4, 0.5) is 0 Å². The summed E-state index contributed by atoms with van der Waals surface area (Å²) < 4.78 is 5.47. The molecule has 462 valence electrons. The zero-order valence-electron chi connectivity index (χ0n) is 52.9. The van der Waals surface area contributed by atoms with Gasteiger partial charge in [-0.1, -0.05) is 325 Å². The maximum atomic E-state index is 12.5. The second kappa shape index (κ2) is 68.1. The van der Waals surface area contributed by atoms with Crippen LogP contribution in [0.25, 0.3) is 0 Å². The van der Waals surface area contributed by atoms with Crippen LogP contribution in [-0.4, -0.2) is 47.4 Å². The topological polar surface area (TPSA) is 95.9 Å². The van der Waals surface area contributed by atoms with Gasteiger partial charge in [-0.05, 0) is 89.9 Å². The molecule has 0 rings (SSSR count). The molecule has 2 unspecified atom stereocenters. The number of unbranched alkanes of at least 4 members (excludes halogenated alkanes) is 46. The lowest BCUT2D eigenvalue weighted by Gasteiger charge is -2.20. The lowest BCUT2D eigenvalue weighted by Crippen LogP contribution is -2.45. The lowest BCUT2D eigenvalue weighted by molar-refractivity contribution is -0.143. The third-order valence-corrected chi connectivity index (χ3v) is 16.0. The zero-order valence-corrected chi connectivity index (χ0v) is 52.9. The first-order chi connectivity index (χ1) is 39.0. The van der Waals surface area contributed by atoms with Crippen LogP contribution in [0.1, 0.15) is 367 Å². The first-order valence-electron chi connectivity index (χ1n) is 35.1. The van der Waals surface area contributed by atoms with E-state index in [0.29, 0.717) is 19.4 Å². The first-order valence-corrected chi connectivity index (χ1v) is 35.1. The molecule has 0 radical (unpaired) electrons. The molecule has 0 aromatic heterocycles.